The van der Waals surface area contributed by atoms with Crippen LogP contribution in [-0.4, -0.2) is 39.3 Å². The summed E-state index contributed by atoms with van der Waals surface area (Å²) in [5.74, 6) is 0. The van der Waals surface area contributed by atoms with Crippen LogP contribution in [0.4, 0.5) is 0 Å². The average Bonchev–Trinajstić information content (AvgIpc) is 2.86. The van der Waals surface area contributed by atoms with E-state index in [9.17, 15) is 0 Å². The van der Waals surface area contributed by atoms with Crippen LogP contribution in [-0.2, 0) is 0 Å². The Hall–Kier alpha value is -1.72. The number of hydrogen-bond acceptors (Lipinski definition) is 4. The molecule has 0 spiro atoms. The van der Waals surface area contributed by atoms with Crippen LogP contribution >= 0.6 is 0 Å². The second-order valence-corrected chi connectivity index (χ2v) is 9.15. The van der Waals surface area contributed by atoms with Gasteiger partial charge in [-0.25, -0.2) is 0 Å². The van der Waals surface area contributed by atoms with Gasteiger partial charge in [-0.1, -0.05) is 79.9 Å². The third-order valence-electron chi connectivity index (χ3n) is 6.27. The maximum absolute atomic E-state index is 3.61. The van der Waals surface area contributed by atoms with Crippen molar-refractivity contribution in [3.05, 3.63) is 71.8 Å². The van der Waals surface area contributed by atoms with Crippen molar-refractivity contribution >= 4 is 0 Å². The Balaban J connectivity index is 1.27. The summed E-state index contributed by atoms with van der Waals surface area (Å²) < 4.78 is 0. The van der Waals surface area contributed by atoms with Gasteiger partial charge in [0.05, 0.1) is 0 Å². The molecule has 0 aliphatic carbocycles. The minimum absolute atomic E-state index is 0.431. The Kier molecular flexibility index (Phi) is 15.6. The van der Waals surface area contributed by atoms with Gasteiger partial charge in [0, 0.05) is 12.1 Å². The topological polar surface area (TPSA) is 48.1 Å². The van der Waals surface area contributed by atoms with Gasteiger partial charge >= 0.3 is 0 Å². The molecular formula is C29H48N4. The van der Waals surface area contributed by atoms with E-state index in [4.69, 9.17) is 0 Å². The summed E-state index contributed by atoms with van der Waals surface area (Å²) in [6.07, 6.45) is 9.01. The van der Waals surface area contributed by atoms with E-state index in [-0.39, 0.29) is 0 Å². The van der Waals surface area contributed by atoms with Crippen molar-refractivity contribution in [1.82, 2.24) is 21.3 Å². The quantitative estimate of drug-likeness (QED) is 0.198. The van der Waals surface area contributed by atoms with Crippen molar-refractivity contribution in [2.45, 2.75) is 70.9 Å². The molecule has 0 aliphatic heterocycles. The standard InChI is InChI=1S/C29H48N4/c1-26(28-16-8-6-9-17-28)32-24-14-22-30-20-12-4-3-5-13-21-31-23-15-25-33-27(2)29-18-10-7-11-19-29/h6-11,16-19,26-27,30-33H,3-5,12-15,20-25H2,1-2H3. The molecular weight excluding hydrogens is 404 g/mol. The lowest BCUT2D eigenvalue weighted by molar-refractivity contribution is 0.516. The second-order valence-electron chi connectivity index (χ2n) is 9.15. The third kappa shape index (κ3) is 13.5. The first-order chi connectivity index (χ1) is 16.3. The summed E-state index contributed by atoms with van der Waals surface area (Å²) in [6, 6.07) is 22.2. The predicted octanol–water partition coefficient (Wildman–Crippen LogP) is 5.60. The van der Waals surface area contributed by atoms with Gasteiger partial charge in [-0.05, 0) is 89.9 Å². The number of benzene rings is 2. The van der Waals surface area contributed by atoms with Crippen LogP contribution in [0.5, 0.6) is 0 Å². The Bertz CT molecular complexity index is 617. The zero-order chi connectivity index (χ0) is 23.4. The highest BCUT2D eigenvalue weighted by molar-refractivity contribution is 5.18. The lowest BCUT2D eigenvalue weighted by Gasteiger charge is -2.14. The Morgan fingerprint density at radius 3 is 1.24 bits per heavy atom. The number of hydrogen-bond donors (Lipinski definition) is 4. The summed E-state index contributed by atoms with van der Waals surface area (Å²) in [5, 5.41) is 14.4. The molecule has 0 amide bonds. The van der Waals surface area contributed by atoms with Gasteiger partial charge < -0.3 is 21.3 Å². The maximum atomic E-state index is 3.61. The molecule has 0 bridgehead atoms. The number of nitrogens with one attached hydrogen (secondary N) is 4. The SMILES string of the molecule is CC(NCCCNCCCCCCCNCCCNC(C)c1ccccc1)c1ccccc1. The van der Waals surface area contributed by atoms with Crippen molar-refractivity contribution in [2.24, 2.45) is 0 Å². The van der Waals surface area contributed by atoms with Crippen LogP contribution in [0.1, 0.15) is 82.0 Å². The van der Waals surface area contributed by atoms with Gasteiger partial charge in [0.1, 0.15) is 0 Å². The van der Waals surface area contributed by atoms with Gasteiger partial charge in [0.25, 0.3) is 0 Å². The maximum Gasteiger partial charge on any atom is 0.0291 e. The lowest BCUT2D eigenvalue weighted by Crippen LogP contribution is -2.25. The zero-order valence-electron chi connectivity index (χ0n) is 21.1. The highest BCUT2D eigenvalue weighted by atomic mass is 14.9. The van der Waals surface area contributed by atoms with Crippen molar-refractivity contribution < 1.29 is 0 Å². The van der Waals surface area contributed by atoms with E-state index < -0.39 is 0 Å². The molecule has 0 radical (unpaired) electrons. The molecule has 2 rings (SSSR count). The molecule has 0 saturated heterocycles. The molecule has 0 saturated carbocycles. The molecule has 4 nitrogen and oxygen atoms in total. The highest BCUT2D eigenvalue weighted by Gasteiger charge is 2.03. The van der Waals surface area contributed by atoms with E-state index >= 15 is 0 Å². The first kappa shape index (κ1) is 27.5. The summed E-state index contributed by atoms with van der Waals surface area (Å²) in [6.45, 7) is 11.1. The predicted molar refractivity (Wildman–Crippen MR) is 144 cm³/mol. The fraction of sp³-hybridized carbons (Fsp3) is 0.586. The van der Waals surface area contributed by atoms with Crippen molar-refractivity contribution in [3.63, 3.8) is 0 Å². The molecule has 184 valence electrons. The van der Waals surface area contributed by atoms with E-state index in [1.165, 1.54) is 56.1 Å². The Morgan fingerprint density at radius 2 is 0.818 bits per heavy atom. The summed E-state index contributed by atoms with van der Waals surface area (Å²) in [7, 11) is 0. The molecule has 0 heterocycles. The molecule has 2 aromatic carbocycles. The molecule has 2 unspecified atom stereocenters. The van der Waals surface area contributed by atoms with Crippen LogP contribution in [0.25, 0.3) is 0 Å². The summed E-state index contributed by atoms with van der Waals surface area (Å²) in [5.41, 5.74) is 2.73. The third-order valence-corrected chi connectivity index (χ3v) is 6.27. The molecule has 0 aliphatic rings. The van der Waals surface area contributed by atoms with E-state index in [2.05, 4.69) is 95.8 Å². The minimum atomic E-state index is 0.431. The Labute approximate surface area is 203 Å². The molecule has 4 heteroatoms. The van der Waals surface area contributed by atoms with Gasteiger partial charge in [-0.3, -0.25) is 0 Å². The van der Waals surface area contributed by atoms with E-state index in [0.29, 0.717) is 12.1 Å². The largest absolute Gasteiger partial charge is 0.317 e. The van der Waals surface area contributed by atoms with Crippen molar-refractivity contribution in [1.29, 1.82) is 0 Å². The second kappa shape index (κ2) is 18.7. The molecule has 33 heavy (non-hydrogen) atoms. The monoisotopic (exact) mass is 452 g/mol. The van der Waals surface area contributed by atoms with Crippen LogP contribution in [0.3, 0.4) is 0 Å². The van der Waals surface area contributed by atoms with E-state index in [0.717, 1.165) is 39.3 Å². The minimum Gasteiger partial charge on any atom is -0.317 e. The molecule has 0 aromatic heterocycles. The number of unbranched alkanes of at least 4 members (excludes halogenated alkanes) is 4. The molecule has 2 aromatic rings. The molecule has 0 fully saturated rings. The van der Waals surface area contributed by atoms with Crippen LogP contribution < -0.4 is 21.3 Å². The zero-order valence-corrected chi connectivity index (χ0v) is 21.1. The molecule has 2 atom stereocenters. The van der Waals surface area contributed by atoms with Gasteiger partial charge in [0.15, 0.2) is 0 Å². The first-order valence-corrected chi connectivity index (χ1v) is 13.3. The van der Waals surface area contributed by atoms with Crippen molar-refractivity contribution in [3.8, 4) is 0 Å². The highest BCUT2D eigenvalue weighted by Crippen LogP contribution is 2.11. The summed E-state index contributed by atoms with van der Waals surface area (Å²) >= 11 is 0. The number of rotatable bonds is 20. The van der Waals surface area contributed by atoms with Gasteiger partial charge in [-0.2, -0.15) is 0 Å². The van der Waals surface area contributed by atoms with Gasteiger partial charge in [0.2, 0.25) is 0 Å². The van der Waals surface area contributed by atoms with Crippen LogP contribution in [0.2, 0.25) is 0 Å². The first-order valence-electron chi connectivity index (χ1n) is 13.3. The Morgan fingerprint density at radius 1 is 0.455 bits per heavy atom. The fourth-order valence-electron chi connectivity index (χ4n) is 4.06. The summed E-state index contributed by atoms with van der Waals surface area (Å²) in [4.78, 5) is 0. The normalized spacial score (nSPS) is 13.2. The molecule has 4 N–H and O–H groups in total. The fourth-order valence-corrected chi connectivity index (χ4v) is 4.06. The van der Waals surface area contributed by atoms with Crippen LogP contribution in [0.15, 0.2) is 60.7 Å². The smallest absolute Gasteiger partial charge is 0.0291 e. The lowest BCUT2D eigenvalue weighted by atomic mass is 10.1. The van der Waals surface area contributed by atoms with E-state index in [1.54, 1.807) is 0 Å². The van der Waals surface area contributed by atoms with E-state index in [1.807, 2.05) is 0 Å². The van der Waals surface area contributed by atoms with Gasteiger partial charge in [-0.15, -0.1) is 0 Å². The average molecular weight is 453 g/mol. The van der Waals surface area contributed by atoms with Crippen LogP contribution in [0, 0.1) is 0 Å². The van der Waals surface area contributed by atoms with Crippen molar-refractivity contribution in [2.75, 3.05) is 39.3 Å².